The first-order valence-corrected chi connectivity index (χ1v) is 8.43. The van der Waals surface area contributed by atoms with E-state index < -0.39 is 30.5 Å². The van der Waals surface area contributed by atoms with Crippen molar-refractivity contribution >= 4 is 23.2 Å². The normalized spacial score (nSPS) is 15.6. The van der Waals surface area contributed by atoms with Gasteiger partial charge in [0, 0.05) is 16.5 Å². The van der Waals surface area contributed by atoms with Crippen LogP contribution in [-0.4, -0.2) is 50.5 Å². The molecule has 0 saturated carbocycles. The van der Waals surface area contributed by atoms with E-state index >= 15 is 0 Å². The molecule has 0 bridgehead atoms. The van der Waals surface area contributed by atoms with Crippen LogP contribution in [0.2, 0.25) is 10.0 Å². The van der Waals surface area contributed by atoms with Crippen LogP contribution in [0.15, 0.2) is 48.5 Å². The molecule has 2 rings (SSSR count). The summed E-state index contributed by atoms with van der Waals surface area (Å²) in [6.45, 7) is -0.710. The summed E-state index contributed by atoms with van der Waals surface area (Å²) in [7, 11) is 0. The van der Waals surface area contributed by atoms with E-state index in [4.69, 9.17) is 28.3 Å². The van der Waals surface area contributed by atoms with Crippen molar-refractivity contribution in [3.63, 3.8) is 0 Å². The van der Waals surface area contributed by atoms with Gasteiger partial charge in [-0.3, -0.25) is 0 Å². The van der Waals surface area contributed by atoms with Crippen molar-refractivity contribution in [2.24, 2.45) is 0 Å². The first kappa shape index (κ1) is 20.1. The summed E-state index contributed by atoms with van der Waals surface area (Å²) in [6.07, 6.45) is -4.93. The molecular weight excluding hydrogens is 367 g/mol. The molecule has 136 valence electrons. The highest BCUT2D eigenvalue weighted by Crippen LogP contribution is 2.36. The third-order valence-electron chi connectivity index (χ3n) is 4.12. The van der Waals surface area contributed by atoms with E-state index in [2.05, 4.69) is 0 Å². The monoisotopic (exact) mass is 386 g/mol. The Morgan fingerprint density at radius 2 is 1.16 bits per heavy atom. The lowest BCUT2D eigenvalue weighted by molar-refractivity contribution is -0.0985. The zero-order chi connectivity index (χ0) is 18.6. The molecule has 3 atom stereocenters. The molecule has 25 heavy (non-hydrogen) atoms. The highest BCUT2D eigenvalue weighted by Gasteiger charge is 2.37. The highest BCUT2D eigenvalue weighted by atomic mass is 35.5. The van der Waals surface area contributed by atoms with Crippen molar-refractivity contribution in [2.75, 3.05) is 6.61 Å². The molecule has 0 aliphatic carbocycles. The summed E-state index contributed by atoms with van der Waals surface area (Å²) in [4.78, 5) is 0. The third-order valence-corrected chi connectivity index (χ3v) is 4.63. The molecule has 2 aromatic rings. The van der Waals surface area contributed by atoms with Gasteiger partial charge in [0.05, 0.1) is 12.7 Å². The van der Waals surface area contributed by atoms with Gasteiger partial charge in [-0.25, -0.2) is 0 Å². The SMILES string of the molecule is OC[C@@H](O)[C@@H](O)[C@H](O)CC(O)(c1ccc(Cl)cc1)c1ccc(Cl)cc1. The Hall–Kier alpha value is -1.18. The van der Waals surface area contributed by atoms with E-state index in [0.717, 1.165) is 0 Å². The second-order valence-corrected chi connectivity index (χ2v) is 6.76. The molecule has 0 spiro atoms. The first-order valence-electron chi connectivity index (χ1n) is 7.67. The molecule has 0 saturated heterocycles. The molecule has 0 heterocycles. The van der Waals surface area contributed by atoms with Gasteiger partial charge in [0.2, 0.25) is 0 Å². The number of benzene rings is 2. The summed E-state index contributed by atoms with van der Waals surface area (Å²) in [5.74, 6) is 0. The van der Waals surface area contributed by atoms with Crippen molar-refractivity contribution in [3.05, 3.63) is 69.7 Å². The lowest BCUT2D eigenvalue weighted by atomic mass is 9.80. The van der Waals surface area contributed by atoms with E-state index in [1.54, 1.807) is 48.5 Å². The Morgan fingerprint density at radius 3 is 1.52 bits per heavy atom. The Kier molecular flexibility index (Phi) is 6.82. The maximum Gasteiger partial charge on any atom is 0.117 e. The molecule has 0 aliphatic rings. The minimum absolute atomic E-state index is 0.311. The molecule has 7 heteroatoms. The van der Waals surface area contributed by atoms with Gasteiger partial charge in [-0.1, -0.05) is 47.5 Å². The van der Waals surface area contributed by atoms with Crippen LogP contribution in [0, 0.1) is 0 Å². The lowest BCUT2D eigenvalue weighted by Crippen LogP contribution is -2.44. The van der Waals surface area contributed by atoms with Crippen molar-refractivity contribution in [1.29, 1.82) is 0 Å². The fourth-order valence-electron chi connectivity index (χ4n) is 2.64. The number of halogens is 2. The Bertz CT molecular complexity index is 629. The van der Waals surface area contributed by atoms with E-state index in [0.29, 0.717) is 21.2 Å². The summed E-state index contributed by atoms with van der Waals surface area (Å²) in [5, 5.41) is 50.9. The summed E-state index contributed by atoms with van der Waals surface area (Å²) >= 11 is 11.8. The van der Waals surface area contributed by atoms with Crippen LogP contribution >= 0.6 is 23.2 Å². The predicted octanol–water partition coefficient (Wildman–Crippen LogP) is 1.69. The van der Waals surface area contributed by atoms with Crippen molar-refractivity contribution in [1.82, 2.24) is 0 Å². The molecular formula is C18H20Cl2O5. The van der Waals surface area contributed by atoms with Gasteiger partial charge < -0.3 is 25.5 Å². The summed E-state index contributed by atoms with van der Waals surface area (Å²) < 4.78 is 0. The van der Waals surface area contributed by atoms with Crippen LogP contribution in [0.1, 0.15) is 17.5 Å². The highest BCUT2D eigenvalue weighted by molar-refractivity contribution is 6.30. The average Bonchev–Trinajstić information content (AvgIpc) is 2.61. The van der Waals surface area contributed by atoms with E-state index in [9.17, 15) is 20.4 Å². The fraction of sp³-hybridized carbons (Fsp3) is 0.333. The van der Waals surface area contributed by atoms with Crippen LogP contribution in [0.25, 0.3) is 0 Å². The second-order valence-electron chi connectivity index (χ2n) is 5.89. The lowest BCUT2D eigenvalue weighted by Gasteiger charge is -2.33. The quantitative estimate of drug-likeness (QED) is 0.498. The molecule has 0 fully saturated rings. The van der Waals surface area contributed by atoms with E-state index in [1.165, 1.54) is 0 Å². The van der Waals surface area contributed by atoms with Gasteiger partial charge in [0.15, 0.2) is 0 Å². The zero-order valence-electron chi connectivity index (χ0n) is 13.3. The van der Waals surface area contributed by atoms with Gasteiger partial charge in [-0.05, 0) is 35.4 Å². The van der Waals surface area contributed by atoms with Crippen LogP contribution in [0.5, 0.6) is 0 Å². The molecule has 5 nitrogen and oxygen atoms in total. The third kappa shape index (κ3) is 4.71. The first-order chi connectivity index (χ1) is 11.8. The van der Waals surface area contributed by atoms with E-state index in [1.807, 2.05) is 0 Å². The zero-order valence-corrected chi connectivity index (χ0v) is 14.8. The van der Waals surface area contributed by atoms with Crippen molar-refractivity contribution < 1.29 is 25.5 Å². The number of rotatable bonds is 7. The Labute approximate surface area is 155 Å². The molecule has 0 unspecified atom stereocenters. The number of hydrogen-bond donors (Lipinski definition) is 5. The Balaban J connectivity index is 2.41. The smallest absolute Gasteiger partial charge is 0.117 e. The number of hydrogen-bond acceptors (Lipinski definition) is 5. The fourth-order valence-corrected chi connectivity index (χ4v) is 2.89. The largest absolute Gasteiger partial charge is 0.394 e. The van der Waals surface area contributed by atoms with Crippen LogP contribution in [-0.2, 0) is 5.60 Å². The van der Waals surface area contributed by atoms with Crippen LogP contribution in [0.4, 0.5) is 0 Å². The molecule has 5 N–H and O–H groups in total. The number of aliphatic hydroxyl groups is 5. The average molecular weight is 387 g/mol. The van der Waals surface area contributed by atoms with Crippen molar-refractivity contribution in [2.45, 2.75) is 30.3 Å². The topological polar surface area (TPSA) is 101 Å². The molecule has 0 aliphatic heterocycles. The summed E-state index contributed by atoms with van der Waals surface area (Å²) in [5.41, 5.74) is -0.766. The maximum absolute atomic E-state index is 11.3. The summed E-state index contributed by atoms with van der Waals surface area (Å²) in [6, 6.07) is 12.8. The molecule has 0 aromatic heterocycles. The number of aliphatic hydroxyl groups excluding tert-OH is 4. The molecule has 2 aromatic carbocycles. The molecule has 0 radical (unpaired) electrons. The second kappa shape index (κ2) is 8.47. The maximum atomic E-state index is 11.3. The van der Waals surface area contributed by atoms with Gasteiger partial charge in [0.1, 0.15) is 17.8 Å². The van der Waals surface area contributed by atoms with Gasteiger partial charge >= 0.3 is 0 Å². The van der Waals surface area contributed by atoms with Gasteiger partial charge in [-0.2, -0.15) is 0 Å². The van der Waals surface area contributed by atoms with Gasteiger partial charge in [-0.15, -0.1) is 0 Å². The minimum Gasteiger partial charge on any atom is -0.394 e. The predicted molar refractivity (Wildman–Crippen MR) is 95.6 cm³/mol. The molecule has 0 amide bonds. The van der Waals surface area contributed by atoms with Crippen LogP contribution < -0.4 is 0 Å². The van der Waals surface area contributed by atoms with Gasteiger partial charge in [0.25, 0.3) is 0 Å². The van der Waals surface area contributed by atoms with Crippen LogP contribution in [0.3, 0.4) is 0 Å². The minimum atomic E-state index is -1.66. The standard InChI is InChI=1S/C18H20Cl2O5/c19-13-5-1-11(2-6-13)18(25,12-3-7-14(20)8-4-12)9-15(22)17(24)16(23)10-21/h1-8,15-17,21-25H,9-10H2/t15-,16-,17+/m1/s1. The van der Waals surface area contributed by atoms with Crippen molar-refractivity contribution in [3.8, 4) is 0 Å². The Morgan fingerprint density at radius 1 is 0.760 bits per heavy atom. The van der Waals surface area contributed by atoms with E-state index in [-0.39, 0.29) is 6.42 Å².